The number of rotatable bonds is 5. The highest BCUT2D eigenvalue weighted by Gasteiger charge is 2.24. The Bertz CT molecular complexity index is 441. The van der Waals surface area contributed by atoms with Crippen molar-refractivity contribution < 1.29 is 14.3 Å². The highest BCUT2D eigenvalue weighted by molar-refractivity contribution is 9.10. The number of ether oxygens (including phenoxy) is 2. The molecule has 0 N–H and O–H groups in total. The lowest BCUT2D eigenvalue weighted by Gasteiger charge is -2.32. The standard InChI is InChI=1S/C13H18BrN3O3/c1-19-9-12(18)17-4-2-3-10(7-17)8-20-13-15-5-11(14)6-16-13/h5-6,10H,2-4,7-9H2,1H3. The van der Waals surface area contributed by atoms with Gasteiger partial charge in [-0.2, -0.15) is 0 Å². The summed E-state index contributed by atoms with van der Waals surface area (Å²) in [7, 11) is 1.54. The lowest BCUT2D eigenvalue weighted by atomic mass is 9.99. The fourth-order valence-corrected chi connectivity index (χ4v) is 2.41. The molecular formula is C13H18BrN3O3. The first-order valence-electron chi connectivity index (χ1n) is 6.56. The van der Waals surface area contributed by atoms with E-state index < -0.39 is 0 Å². The lowest BCUT2D eigenvalue weighted by Crippen LogP contribution is -2.43. The average molecular weight is 344 g/mol. The highest BCUT2D eigenvalue weighted by atomic mass is 79.9. The van der Waals surface area contributed by atoms with Gasteiger partial charge in [0.25, 0.3) is 0 Å². The van der Waals surface area contributed by atoms with Crippen LogP contribution >= 0.6 is 15.9 Å². The van der Waals surface area contributed by atoms with Crippen molar-refractivity contribution in [1.29, 1.82) is 0 Å². The van der Waals surface area contributed by atoms with E-state index in [-0.39, 0.29) is 12.5 Å². The topological polar surface area (TPSA) is 64.5 Å². The van der Waals surface area contributed by atoms with Crippen molar-refractivity contribution in [2.75, 3.05) is 33.4 Å². The molecule has 0 bridgehead atoms. The van der Waals surface area contributed by atoms with Crippen LogP contribution in [-0.2, 0) is 9.53 Å². The number of hydrogen-bond donors (Lipinski definition) is 0. The third-order valence-electron chi connectivity index (χ3n) is 3.18. The lowest BCUT2D eigenvalue weighted by molar-refractivity contribution is -0.137. The molecule has 0 aromatic carbocycles. The van der Waals surface area contributed by atoms with Crippen molar-refractivity contribution >= 4 is 21.8 Å². The smallest absolute Gasteiger partial charge is 0.316 e. The second kappa shape index (κ2) is 7.54. The highest BCUT2D eigenvalue weighted by Crippen LogP contribution is 2.18. The number of nitrogens with zero attached hydrogens (tertiary/aromatic N) is 3. The van der Waals surface area contributed by atoms with Crippen LogP contribution in [0.5, 0.6) is 6.01 Å². The van der Waals surface area contributed by atoms with Crippen LogP contribution in [0, 0.1) is 5.92 Å². The number of amides is 1. The molecule has 1 atom stereocenters. The molecule has 0 saturated carbocycles. The van der Waals surface area contributed by atoms with E-state index >= 15 is 0 Å². The predicted molar refractivity (Wildman–Crippen MR) is 76.4 cm³/mol. The van der Waals surface area contributed by atoms with Gasteiger partial charge in [-0.3, -0.25) is 4.79 Å². The summed E-state index contributed by atoms with van der Waals surface area (Å²) in [6, 6.07) is 0.369. The quantitative estimate of drug-likeness (QED) is 0.810. The first-order chi connectivity index (χ1) is 9.69. The number of aromatic nitrogens is 2. The summed E-state index contributed by atoms with van der Waals surface area (Å²) in [6.07, 6.45) is 5.34. The largest absolute Gasteiger partial charge is 0.463 e. The zero-order valence-electron chi connectivity index (χ0n) is 11.4. The summed E-state index contributed by atoms with van der Waals surface area (Å²) < 4.78 is 11.3. The predicted octanol–water partition coefficient (Wildman–Crippen LogP) is 1.50. The van der Waals surface area contributed by atoms with Crippen LogP contribution < -0.4 is 4.74 Å². The number of hydrogen-bond acceptors (Lipinski definition) is 5. The van der Waals surface area contributed by atoms with Gasteiger partial charge in [-0.05, 0) is 28.8 Å². The third kappa shape index (κ3) is 4.42. The van der Waals surface area contributed by atoms with Crippen LogP contribution in [0.4, 0.5) is 0 Å². The SMILES string of the molecule is COCC(=O)N1CCCC(COc2ncc(Br)cn2)C1. The molecule has 1 aliphatic rings. The summed E-state index contributed by atoms with van der Waals surface area (Å²) in [5.41, 5.74) is 0. The Labute approximate surface area is 126 Å². The van der Waals surface area contributed by atoms with Gasteiger partial charge in [-0.1, -0.05) is 0 Å². The van der Waals surface area contributed by atoms with Crippen molar-refractivity contribution in [1.82, 2.24) is 14.9 Å². The maximum atomic E-state index is 11.8. The van der Waals surface area contributed by atoms with E-state index in [2.05, 4.69) is 25.9 Å². The molecule has 1 amide bonds. The number of likely N-dealkylation sites (tertiary alicyclic amines) is 1. The number of methoxy groups -OCH3 is 1. The van der Waals surface area contributed by atoms with Crippen LogP contribution in [0.25, 0.3) is 0 Å². The second-order valence-corrected chi connectivity index (χ2v) is 5.69. The number of carbonyl (C=O) groups excluding carboxylic acids is 1. The second-order valence-electron chi connectivity index (χ2n) is 4.78. The van der Waals surface area contributed by atoms with Gasteiger partial charge in [0.1, 0.15) is 6.61 Å². The molecule has 1 aromatic heterocycles. The monoisotopic (exact) mass is 343 g/mol. The van der Waals surface area contributed by atoms with E-state index in [4.69, 9.17) is 9.47 Å². The summed E-state index contributed by atoms with van der Waals surface area (Å²) >= 11 is 3.28. The molecule has 1 fully saturated rings. The maximum absolute atomic E-state index is 11.8. The van der Waals surface area contributed by atoms with Crippen molar-refractivity contribution in [3.05, 3.63) is 16.9 Å². The number of carbonyl (C=O) groups is 1. The molecule has 2 rings (SSSR count). The van der Waals surface area contributed by atoms with Crippen LogP contribution in [0.1, 0.15) is 12.8 Å². The minimum Gasteiger partial charge on any atom is -0.463 e. The molecular weight excluding hydrogens is 326 g/mol. The summed E-state index contributed by atoms with van der Waals surface area (Å²) in [4.78, 5) is 21.8. The summed E-state index contributed by atoms with van der Waals surface area (Å²) in [6.45, 7) is 2.17. The first kappa shape index (κ1) is 15.2. The fraction of sp³-hybridized carbons (Fsp3) is 0.615. The van der Waals surface area contributed by atoms with E-state index in [1.165, 1.54) is 7.11 Å². The minimum atomic E-state index is 0.0390. The van der Waals surface area contributed by atoms with Crippen LogP contribution in [-0.4, -0.2) is 54.2 Å². The minimum absolute atomic E-state index is 0.0390. The zero-order chi connectivity index (χ0) is 14.4. The Balaban J connectivity index is 1.80. The number of piperidine rings is 1. The van der Waals surface area contributed by atoms with Crippen LogP contribution in [0.15, 0.2) is 16.9 Å². The molecule has 7 heteroatoms. The van der Waals surface area contributed by atoms with Gasteiger partial charge in [0.05, 0.1) is 11.1 Å². The van der Waals surface area contributed by atoms with Gasteiger partial charge in [0.15, 0.2) is 0 Å². The van der Waals surface area contributed by atoms with Gasteiger partial charge in [-0.15, -0.1) is 0 Å². The molecule has 0 radical (unpaired) electrons. The molecule has 2 heterocycles. The zero-order valence-corrected chi connectivity index (χ0v) is 13.0. The molecule has 1 unspecified atom stereocenters. The number of halogens is 1. The van der Waals surface area contributed by atoms with E-state index in [0.29, 0.717) is 25.1 Å². The average Bonchev–Trinajstić information content (AvgIpc) is 2.47. The molecule has 1 saturated heterocycles. The Morgan fingerprint density at radius 3 is 2.95 bits per heavy atom. The fourth-order valence-electron chi connectivity index (χ4n) is 2.21. The summed E-state index contributed by atoms with van der Waals surface area (Å²) in [5.74, 6) is 0.355. The van der Waals surface area contributed by atoms with Crippen molar-refractivity contribution in [3.63, 3.8) is 0 Å². The Morgan fingerprint density at radius 1 is 1.50 bits per heavy atom. The van der Waals surface area contributed by atoms with E-state index in [1.54, 1.807) is 12.4 Å². The molecule has 0 aliphatic carbocycles. The molecule has 0 spiro atoms. The van der Waals surface area contributed by atoms with Crippen molar-refractivity contribution in [2.45, 2.75) is 12.8 Å². The molecule has 1 aliphatic heterocycles. The first-order valence-corrected chi connectivity index (χ1v) is 7.35. The van der Waals surface area contributed by atoms with E-state index in [0.717, 1.165) is 23.9 Å². The molecule has 1 aromatic rings. The van der Waals surface area contributed by atoms with E-state index in [1.807, 2.05) is 4.90 Å². The van der Waals surface area contributed by atoms with Gasteiger partial charge < -0.3 is 14.4 Å². The molecule has 6 nitrogen and oxygen atoms in total. The summed E-state index contributed by atoms with van der Waals surface area (Å²) in [5, 5.41) is 0. The van der Waals surface area contributed by atoms with Crippen LogP contribution in [0.3, 0.4) is 0 Å². The molecule has 110 valence electrons. The van der Waals surface area contributed by atoms with Gasteiger partial charge in [0, 0.05) is 38.5 Å². The normalized spacial score (nSPS) is 18.9. The third-order valence-corrected chi connectivity index (χ3v) is 3.59. The van der Waals surface area contributed by atoms with Crippen LogP contribution in [0.2, 0.25) is 0 Å². The Morgan fingerprint density at radius 2 is 2.25 bits per heavy atom. The van der Waals surface area contributed by atoms with Crippen molar-refractivity contribution in [3.8, 4) is 6.01 Å². The van der Waals surface area contributed by atoms with Gasteiger partial charge in [0.2, 0.25) is 5.91 Å². The van der Waals surface area contributed by atoms with Gasteiger partial charge >= 0.3 is 6.01 Å². The van der Waals surface area contributed by atoms with Crippen molar-refractivity contribution in [2.24, 2.45) is 5.92 Å². The Hall–Kier alpha value is -1.21. The molecule has 20 heavy (non-hydrogen) atoms. The van der Waals surface area contributed by atoms with E-state index in [9.17, 15) is 4.79 Å². The maximum Gasteiger partial charge on any atom is 0.316 e. The Kier molecular flexibility index (Phi) is 5.72. The van der Waals surface area contributed by atoms with Gasteiger partial charge in [-0.25, -0.2) is 9.97 Å².